The number of fused-ring (bicyclic) bond motifs is 1. The van der Waals surface area contributed by atoms with E-state index in [0.717, 1.165) is 50.0 Å². The van der Waals surface area contributed by atoms with Gasteiger partial charge in [-0.3, -0.25) is 9.48 Å². The summed E-state index contributed by atoms with van der Waals surface area (Å²) in [5.74, 6) is 0.0402. The number of nitrogens with zero attached hydrogens (tertiary/aromatic N) is 3. The van der Waals surface area contributed by atoms with Crippen LogP contribution in [0.3, 0.4) is 0 Å². The number of hydrogen-bond acceptors (Lipinski definition) is 3. The first kappa shape index (κ1) is 11.7. The van der Waals surface area contributed by atoms with E-state index >= 15 is 0 Å². The molecule has 1 N–H and O–H groups in total. The largest absolute Gasteiger partial charge is 0.393 e. The molecule has 1 unspecified atom stereocenters. The van der Waals surface area contributed by atoms with Crippen molar-refractivity contribution in [2.45, 2.75) is 38.2 Å². The zero-order valence-electron chi connectivity index (χ0n) is 10.7. The number of carbonyl (C=O) groups is 1. The molecule has 1 aromatic rings. The molecule has 1 aliphatic carbocycles. The molecule has 1 aromatic heterocycles. The molecular formula is C13H19N3O2. The van der Waals surface area contributed by atoms with Crippen LogP contribution in [0.25, 0.3) is 0 Å². The molecule has 1 fully saturated rings. The number of rotatable bonds is 1. The molecule has 1 aliphatic heterocycles. The molecule has 18 heavy (non-hydrogen) atoms. The summed E-state index contributed by atoms with van der Waals surface area (Å²) >= 11 is 0. The van der Waals surface area contributed by atoms with Crippen molar-refractivity contribution in [3.8, 4) is 0 Å². The molecule has 5 nitrogen and oxygen atoms in total. The van der Waals surface area contributed by atoms with Gasteiger partial charge in [-0.15, -0.1) is 0 Å². The van der Waals surface area contributed by atoms with Crippen LogP contribution < -0.4 is 0 Å². The van der Waals surface area contributed by atoms with Crippen molar-refractivity contribution < 1.29 is 9.90 Å². The molecule has 0 radical (unpaired) electrons. The van der Waals surface area contributed by atoms with Crippen molar-refractivity contribution >= 4 is 5.91 Å². The fraction of sp³-hybridized carbons (Fsp3) is 0.692. The lowest BCUT2D eigenvalue weighted by atomic mass is 9.93. The Hall–Kier alpha value is -1.36. The number of hydrogen-bond donors (Lipinski definition) is 1. The van der Waals surface area contributed by atoms with Gasteiger partial charge in [0.2, 0.25) is 0 Å². The molecule has 0 saturated carbocycles. The fourth-order valence-electron chi connectivity index (χ4n) is 3.01. The number of likely N-dealkylation sites (tertiary alicyclic amines) is 1. The van der Waals surface area contributed by atoms with Crippen molar-refractivity contribution in [1.29, 1.82) is 0 Å². The quantitative estimate of drug-likeness (QED) is 0.788. The summed E-state index contributed by atoms with van der Waals surface area (Å²) in [4.78, 5) is 14.3. The average molecular weight is 249 g/mol. The Kier molecular flexibility index (Phi) is 2.86. The number of aryl methyl sites for hydroxylation is 1. The summed E-state index contributed by atoms with van der Waals surface area (Å²) in [6.07, 6.45) is 3.99. The van der Waals surface area contributed by atoms with Crippen molar-refractivity contribution in [1.82, 2.24) is 14.7 Å². The van der Waals surface area contributed by atoms with Gasteiger partial charge in [0.1, 0.15) is 0 Å². The van der Waals surface area contributed by atoms with E-state index in [1.54, 1.807) is 0 Å². The minimum absolute atomic E-state index is 0.0402. The van der Waals surface area contributed by atoms with Crippen LogP contribution in [0, 0.1) is 0 Å². The molecule has 1 saturated heterocycles. The topological polar surface area (TPSA) is 58.4 Å². The van der Waals surface area contributed by atoms with Gasteiger partial charge in [0.05, 0.1) is 6.10 Å². The van der Waals surface area contributed by atoms with Crippen LogP contribution in [0.2, 0.25) is 0 Å². The van der Waals surface area contributed by atoms with Crippen LogP contribution in [-0.4, -0.2) is 44.9 Å². The monoisotopic (exact) mass is 249 g/mol. The number of carbonyl (C=O) groups excluding carboxylic acids is 1. The van der Waals surface area contributed by atoms with Gasteiger partial charge in [0.15, 0.2) is 5.69 Å². The third-order valence-electron chi connectivity index (χ3n) is 4.02. The van der Waals surface area contributed by atoms with E-state index in [1.165, 1.54) is 0 Å². The second-order valence-electron chi connectivity index (χ2n) is 5.29. The van der Waals surface area contributed by atoms with Crippen LogP contribution in [0.15, 0.2) is 0 Å². The second-order valence-corrected chi connectivity index (χ2v) is 5.29. The lowest BCUT2D eigenvalue weighted by molar-refractivity contribution is 0.0784. The van der Waals surface area contributed by atoms with E-state index in [9.17, 15) is 9.90 Å². The van der Waals surface area contributed by atoms with Gasteiger partial charge in [-0.25, -0.2) is 0 Å². The Balaban J connectivity index is 1.94. The minimum Gasteiger partial charge on any atom is -0.393 e. The zero-order chi connectivity index (χ0) is 12.7. The minimum atomic E-state index is -0.327. The first-order valence-corrected chi connectivity index (χ1v) is 6.69. The van der Waals surface area contributed by atoms with E-state index in [4.69, 9.17) is 0 Å². The smallest absolute Gasteiger partial charge is 0.274 e. The summed E-state index contributed by atoms with van der Waals surface area (Å²) in [6, 6.07) is 0. The maximum absolute atomic E-state index is 12.4. The molecule has 0 bridgehead atoms. The van der Waals surface area contributed by atoms with Crippen molar-refractivity contribution in [2.75, 3.05) is 13.1 Å². The van der Waals surface area contributed by atoms with Crippen LogP contribution in [0.4, 0.5) is 0 Å². The summed E-state index contributed by atoms with van der Waals surface area (Å²) in [6.45, 7) is 1.68. The van der Waals surface area contributed by atoms with E-state index in [0.29, 0.717) is 12.1 Å². The summed E-state index contributed by atoms with van der Waals surface area (Å²) < 4.78 is 1.81. The number of aliphatic hydroxyl groups excluding tert-OH is 1. The van der Waals surface area contributed by atoms with Crippen LogP contribution in [0.5, 0.6) is 0 Å². The highest BCUT2D eigenvalue weighted by atomic mass is 16.3. The molecule has 0 spiro atoms. The van der Waals surface area contributed by atoms with Gasteiger partial charge < -0.3 is 10.0 Å². The average Bonchev–Trinajstić information content (AvgIpc) is 2.97. The lowest BCUT2D eigenvalue weighted by Crippen LogP contribution is -2.30. The molecule has 3 rings (SSSR count). The third kappa shape index (κ3) is 1.82. The van der Waals surface area contributed by atoms with Gasteiger partial charge in [-0.1, -0.05) is 0 Å². The number of aliphatic hydroxyl groups is 1. The van der Waals surface area contributed by atoms with E-state index in [-0.39, 0.29) is 12.0 Å². The summed E-state index contributed by atoms with van der Waals surface area (Å²) in [7, 11) is 1.89. The summed E-state index contributed by atoms with van der Waals surface area (Å²) in [5.41, 5.74) is 2.64. The second kappa shape index (κ2) is 4.39. The van der Waals surface area contributed by atoms with Crippen LogP contribution in [0.1, 0.15) is 41.0 Å². The predicted octanol–water partition coefficient (Wildman–Crippen LogP) is 0.506. The highest BCUT2D eigenvalue weighted by molar-refractivity contribution is 5.94. The molecule has 1 atom stereocenters. The Morgan fingerprint density at radius 3 is 2.83 bits per heavy atom. The molecule has 0 aromatic carbocycles. The first-order chi connectivity index (χ1) is 8.66. The van der Waals surface area contributed by atoms with Gasteiger partial charge in [0, 0.05) is 37.8 Å². The highest BCUT2D eigenvalue weighted by Gasteiger charge is 2.30. The number of aromatic nitrogens is 2. The van der Waals surface area contributed by atoms with Gasteiger partial charge in [-0.05, 0) is 25.7 Å². The molecule has 5 heteroatoms. The zero-order valence-corrected chi connectivity index (χ0v) is 10.7. The van der Waals surface area contributed by atoms with Crippen LogP contribution >= 0.6 is 0 Å². The maximum Gasteiger partial charge on any atom is 0.274 e. The van der Waals surface area contributed by atoms with E-state index < -0.39 is 0 Å². The molecule has 1 amide bonds. The summed E-state index contributed by atoms with van der Waals surface area (Å²) in [5, 5.41) is 14.2. The van der Waals surface area contributed by atoms with Gasteiger partial charge in [0.25, 0.3) is 5.91 Å². The Labute approximate surface area is 106 Å². The standard InChI is InChI=1S/C13H19N3O2/c1-15-11-5-4-9(17)8-10(11)12(14-15)13(18)16-6-2-3-7-16/h9,17H,2-8H2,1H3. The van der Waals surface area contributed by atoms with Crippen molar-refractivity contribution in [3.05, 3.63) is 17.0 Å². The first-order valence-electron chi connectivity index (χ1n) is 6.69. The lowest BCUT2D eigenvalue weighted by Gasteiger charge is -2.19. The Bertz CT molecular complexity index is 475. The van der Waals surface area contributed by atoms with Crippen molar-refractivity contribution in [3.63, 3.8) is 0 Å². The SMILES string of the molecule is Cn1nc(C(=O)N2CCCC2)c2c1CCC(O)C2. The fourth-order valence-corrected chi connectivity index (χ4v) is 3.01. The molecular weight excluding hydrogens is 230 g/mol. The Morgan fingerprint density at radius 2 is 2.11 bits per heavy atom. The predicted molar refractivity (Wildman–Crippen MR) is 66.4 cm³/mol. The maximum atomic E-state index is 12.4. The normalized spacial score (nSPS) is 23.2. The van der Waals surface area contributed by atoms with Crippen LogP contribution in [-0.2, 0) is 19.9 Å². The third-order valence-corrected chi connectivity index (χ3v) is 4.02. The van der Waals surface area contributed by atoms with E-state index in [2.05, 4.69) is 5.10 Å². The van der Waals surface area contributed by atoms with E-state index in [1.807, 2.05) is 16.6 Å². The highest BCUT2D eigenvalue weighted by Crippen LogP contribution is 2.25. The molecule has 2 heterocycles. The van der Waals surface area contributed by atoms with Crippen molar-refractivity contribution in [2.24, 2.45) is 7.05 Å². The molecule has 98 valence electrons. The van der Waals surface area contributed by atoms with Gasteiger partial charge >= 0.3 is 0 Å². The van der Waals surface area contributed by atoms with Gasteiger partial charge in [-0.2, -0.15) is 5.10 Å². The number of amides is 1. The molecule has 2 aliphatic rings. The Morgan fingerprint density at radius 1 is 1.39 bits per heavy atom.